The van der Waals surface area contributed by atoms with Gasteiger partial charge in [-0.1, -0.05) is 24.3 Å². The number of hydrogen-bond donors (Lipinski definition) is 1. The van der Waals surface area contributed by atoms with E-state index in [1.54, 1.807) is 19.5 Å². The molecule has 0 atom stereocenters. The molecule has 5 heteroatoms. The number of rotatable bonds is 4. The Morgan fingerprint density at radius 3 is 2.86 bits per heavy atom. The number of ether oxygens (including phenoxy) is 1. The van der Waals surface area contributed by atoms with Crippen LogP contribution in [0.5, 0.6) is 5.88 Å². The number of nitriles is 1. The maximum atomic E-state index is 9.31. The number of nitrogens with one attached hydrogen (secondary N) is 1. The summed E-state index contributed by atoms with van der Waals surface area (Å²) in [4.78, 5) is 8.48. The highest BCUT2D eigenvalue weighted by atomic mass is 16.5. The van der Waals surface area contributed by atoms with E-state index in [1.807, 2.05) is 36.4 Å². The topological polar surface area (TPSA) is 70.8 Å². The van der Waals surface area contributed by atoms with Gasteiger partial charge in [-0.25, -0.2) is 4.98 Å². The normalized spacial score (nSPS) is 10.2. The molecule has 0 fully saturated rings. The highest BCUT2D eigenvalue weighted by Crippen LogP contribution is 2.26. The summed E-state index contributed by atoms with van der Waals surface area (Å²) in [5, 5.41) is 13.5. The van der Waals surface area contributed by atoms with E-state index in [9.17, 15) is 5.26 Å². The summed E-state index contributed by atoms with van der Waals surface area (Å²) in [6.07, 6.45) is 3.27. The van der Waals surface area contributed by atoms with Crippen LogP contribution < -0.4 is 10.1 Å². The van der Waals surface area contributed by atoms with E-state index >= 15 is 0 Å². The van der Waals surface area contributed by atoms with Gasteiger partial charge in [0, 0.05) is 29.9 Å². The van der Waals surface area contributed by atoms with E-state index in [-0.39, 0.29) is 0 Å². The van der Waals surface area contributed by atoms with Crippen LogP contribution in [0.3, 0.4) is 0 Å². The third kappa shape index (κ3) is 2.54. The molecule has 0 radical (unpaired) electrons. The SMILES string of the molecule is COc1ncccc1CNc1c(C#N)cnc2ccccc12. The lowest BCUT2D eigenvalue weighted by atomic mass is 10.1. The molecule has 2 aromatic heterocycles. The fraction of sp³-hybridized carbons (Fsp3) is 0.118. The maximum absolute atomic E-state index is 9.31. The highest BCUT2D eigenvalue weighted by molar-refractivity contribution is 5.93. The summed E-state index contributed by atoms with van der Waals surface area (Å²) in [6, 6.07) is 13.7. The van der Waals surface area contributed by atoms with Crippen molar-refractivity contribution in [3.63, 3.8) is 0 Å². The number of benzene rings is 1. The van der Waals surface area contributed by atoms with Crippen molar-refractivity contribution in [3.8, 4) is 11.9 Å². The average molecular weight is 290 g/mol. The predicted molar refractivity (Wildman–Crippen MR) is 84.6 cm³/mol. The molecule has 3 rings (SSSR count). The molecule has 0 unspecified atom stereocenters. The van der Waals surface area contributed by atoms with Crippen molar-refractivity contribution in [2.24, 2.45) is 0 Å². The molecule has 0 spiro atoms. The lowest BCUT2D eigenvalue weighted by Gasteiger charge is -2.12. The van der Waals surface area contributed by atoms with E-state index in [0.29, 0.717) is 18.0 Å². The molecule has 0 aliphatic heterocycles. The quantitative estimate of drug-likeness (QED) is 0.799. The van der Waals surface area contributed by atoms with Gasteiger partial charge in [0.25, 0.3) is 0 Å². The van der Waals surface area contributed by atoms with Crippen LogP contribution in [0.2, 0.25) is 0 Å². The van der Waals surface area contributed by atoms with Crippen LogP contribution in [0.4, 0.5) is 5.69 Å². The van der Waals surface area contributed by atoms with Crippen LogP contribution in [0.25, 0.3) is 10.9 Å². The first kappa shape index (κ1) is 13.8. The lowest BCUT2D eigenvalue weighted by Crippen LogP contribution is -2.05. The number of pyridine rings is 2. The molecule has 0 amide bonds. The van der Waals surface area contributed by atoms with Gasteiger partial charge < -0.3 is 10.1 Å². The zero-order valence-corrected chi connectivity index (χ0v) is 12.1. The molecule has 108 valence electrons. The standard InChI is InChI=1S/C17H14N4O/c1-22-17-12(5-4-8-19-17)10-21-16-13(9-18)11-20-15-7-3-2-6-14(15)16/h2-8,11H,10H2,1H3,(H,20,21). The highest BCUT2D eigenvalue weighted by Gasteiger charge is 2.10. The van der Waals surface area contributed by atoms with Gasteiger partial charge >= 0.3 is 0 Å². The third-order valence-electron chi connectivity index (χ3n) is 3.39. The Hall–Kier alpha value is -3.13. The first-order valence-corrected chi connectivity index (χ1v) is 6.83. The average Bonchev–Trinajstić information content (AvgIpc) is 2.59. The van der Waals surface area contributed by atoms with E-state index < -0.39 is 0 Å². The van der Waals surface area contributed by atoms with Crippen LogP contribution in [-0.4, -0.2) is 17.1 Å². The monoisotopic (exact) mass is 290 g/mol. The fourth-order valence-corrected chi connectivity index (χ4v) is 2.34. The van der Waals surface area contributed by atoms with Crippen LogP contribution in [0.15, 0.2) is 48.8 Å². The number of hydrogen-bond acceptors (Lipinski definition) is 5. The summed E-state index contributed by atoms with van der Waals surface area (Å²) < 4.78 is 5.25. The smallest absolute Gasteiger partial charge is 0.218 e. The Kier molecular flexibility index (Phi) is 3.84. The number of anilines is 1. The molecule has 22 heavy (non-hydrogen) atoms. The fourth-order valence-electron chi connectivity index (χ4n) is 2.34. The second-order valence-electron chi connectivity index (χ2n) is 4.70. The van der Waals surface area contributed by atoms with Gasteiger partial charge in [0.1, 0.15) is 6.07 Å². The van der Waals surface area contributed by atoms with Crippen molar-refractivity contribution in [3.05, 3.63) is 59.9 Å². The molecule has 0 saturated heterocycles. The van der Waals surface area contributed by atoms with Gasteiger partial charge in [-0.05, 0) is 12.1 Å². The molecular formula is C17H14N4O. The molecule has 0 saturated carbocycles. The van der Waals surface area contributed by atoms with Crippen molar-refractivity contribution in [1.29, 1.82) is 5.26 Å². The largest absolute Gasteiger partial charge is 0.481 e. The Labute approximate surface area is 128 Å². The van der Waals surface area contributed by atoms with Crippen LogP contribution in [-0.2, 0) is 6.54 Å². The minimum atomic E-state index is 0.514. The van der Waals surface area contributed by atoms with Gasteiger partial charge in [0.2, 0.25) is 5.88 Å². The first-order valence-electron chi connectivity index (χ1n) is 6.83. The molecule has 2 heterocycles. The molecule has 3 aromatic rings. The second kappa shape index (κ2) is 6.10. The van der Waals surface area contributed by atoms with Crippen molar-refractivity contribution in [2.75, 3.05) is 12.4 Å². The van der Waals surface area contributed by atoms with E-state index in [1.165, 1.54) is 0 Å². The summed E-state index contributed by atoms with van der Waals surface area (Å²) >= 11 is 0. The minimum absolute atomic E-state index is 0.514. The van der Waals surface area contributed by atoms with Crippen molar-refractivity contribution in [2.45, 2.75) is 6.54 Å². The first-order chi connectivity index (χ1) is 10.8. The number of para-hydroxylation sites is 1. The third-order valence-corrected chi connectivity index (χ3v) is 3.39. The lowest BCUT2D eigenvalue weighted by molar-refractivity contribution is 0.393. The predicted octanol–water partition coefficient (Wildman–Crippen LogP) is 3.12. The minimum Gasteiger partial charge on any atom is -0.481 e. The van der Waals surface area contributed by atoms with Crippen LogP contribution in [0, 0.1) is 11.3 Å². The number of fused-ring (bicyclic) bond motifs is 1. The number of nitrogens with zero attached hydrogens (tertiary/aromatic N) is 3. The van der Waals surface area contributed by atoms with E-state index in [0.717, 1.165) is 22.2 Å². The molecule has 5 nitrogen and oxygen atoms in total. The second-order valence-corrected chi connectivity index (χ2v) is 4.70. The maximum Gasteiger partial charge on any atom is 0.218 e. The van der Waals surface area contributed by atoms with Gasteiger partial charge in [-0.15, -0.1) is 0 Å². The Morgan fingerprint density at radius 1 is 1.18 bits per heavy atom. The van der Waals surface area contributed by atoms with Crippen LogP contribution in [0.1, 0.15) is 11.1 Å². The van der Waals surface area contributed by atoms with E-state index in [4.69, 9.17) is 4.74 Å². The summed E-state index contributed by atoms with van der Waals surface area (Å²) in [5.41, 5.74) is 3.07. The molecule has 0 aliphatic carbocycles. The van der Waals surface area contributed by atoms with E-state index in [2.05, 4.69) is 21.4 Å². The molecule has 0 aliphatic rings. The van der Waals surface area contributed by atoms with Crippen LogP contribution >= 0.6 is 0 Å². The molecular weight excluding hydrogens is 276 g/mol. The Morgan fingerprint density at radius 2 is 2.05 bits per heavy atom. The Balaban J connectivity index is 1.98. The number of methoxy groups -OCH3 is 1. The Bertz CT molecular complexity index is 855. The zero-order chi connectivity index (χ0) is 15.4. The van der Waals surface area contributed by atoms with Gasteiger partial charge in [-0.3, -0.25) is 4.98 Å². The molecule has 0 bridgehead atoms. The van der Waals surface area contributed by atoms with Gasteiger partial charge in [0.05, 0.1) is 23.9 Å². The van der Waals surface area contributed by atoms with Gasteiger partial charge in [-0.2, -0.15) is 5.26 Å². The summed E-state index contributed by atoms with van der Waals surface area (Å²) in [7, 11) is 1.59. The number of aromatic nitrogens is 2. The molecule has 1 N–H and O–H groups in total. The van der Waals surface area contributed by atoms with Crippen molar-refractivity contribution >= 4 is 16.6 Å². The molecule has 1 aromatic carbocycles. The summed E-state index contributed by atoms with van der Waals surface area (Å²) in [5.74, 6) is 0.576. The van der Waals surface area contributed by atoms with Gasteiger partial charge in [0.15, 0.2) is 0 Å². The zero-order valence-electron chi connectivity index (χ0n) is 12.1. The van der Waals surface area contributed by atoms with Crippen molar-refractivity contribution < 1.29 is 4.74 Å². The van der Waals surface area contributed by atoms with Crippen molar-refractivity contribution in [1.82, 2.24) is 9.97 Å². The summed E-state index contributed by atoms with van der Waals surface area (Å²) in [6.45, 7) is 0.514.